The number of aromatic amines is 1. The maximum atomic E-state index is 13.7. The lowest BCUT2D eigenvalue weighted by Crippen LogP contribution is -2.28. The topological polar surface area (TPSA) is 70.1 Å². The number of aromatic nitrogens is 2. The molecule has 0 aliphatic heterocycles. The van der Waals surface area contributed by atoms with Crippen LogP contribution in [0.15, 0.2) is 53.5 Å². The first-order valence-corrected chi connectivity index (χ1v) is 13.6. The molecule has 0 saturated heterocycles. The molecule has 0 atom stereocenters. The van der Waals surface area contributed by atoms with Gasteiger partial charge in [-0.25, -0.2) is 0 Å². The van der Waals surface area contributed by atoms with Gasteiger partial charge in [0.2, 0.25) is 0 Å². The minimum Gasteiger partial charge on any atom is -0.348 e. The molecule has 4 aromatic rings. The predicted octanol–water partition coefficient (Wildman–Crippen LogP) is 6.03. The number of carbonyl (C=O) groups is 1. The van der Waals surface area contributed by atoms with Crippen molar-refractivity contribution in [3.63, 3.8) is 0 Å². The summed E-state index contributed by atoms with van der Waals surface area (Å²) in [6.07, 6.45) is 7.05. The van der Waals surface area contributed by atoms with Gasteiger partial charge >= 0.3 is 0 Å². The summed E-state index contributed by atoms with van der Waals surface area (Å²) in [5, 5.41) is 4.05. The largest absolute Gasteiger partial charge is 0.348 e. The molecular formula is C32H38N4O2. The molecule has 1 saturated carbocycles. The first kappa shape index (κ1) is 26.0. The number of pyridine rings is 1. The smallest absolute Gasteiger partial charge is 0.253 e. The minimum atomic E-state index is -0.160. The molecule has 6 nitrogen and oxygen atoms in total. The molecule has 38 heavy (non-hydrogen) atoms. The van der Waals surface area contributed by atoms with Gasteiger partial charge in [0.1, 0.15) is 0 Å². The Hall–Kier alpha value is -3.64. The number of fused-ring (bicyclic) bond motifs is 1. The molecule has 1 aliphatic rings. The summed E-state index contributed by atoms with van der Waals surface area (Å²) in [5.41, 5.74) is 8.38. The van der Waals surface area contributed by atoms with Crippen molar-refractivity contribution in [1.29, 1.82) is 0 Å². The summed E-state index contributed by atoms with van der Waals surface area (Å²) in [6, 6.07) is 15.3. The number of rotatable bonds is 7. The summed E-state index contributed by atoms with van der Waals surface area (Å²) >= 11 is 0. The minimum absolute atomic E-state index is 0.150. The Morgan fingerprint density at radius 2 is 1.71 bits per heavy atom. The average molecular weight is 511 g/mol. The normalized spacial score (nSPS) is 14.1. The zero-order chi connectivity index (χ0) is 27.0. The summed E-state index contributed by atoms with van der Waals surface area (Å²) in [6.45, 7) is 6.94. The van der Waals surface area contributed by atoms with E-state index < -0.39 is 0 Å². The van der Waals surface area contributed by atoms with Crippen molar-refractivity contribution in [2.75, 3.05) is 14.1 Å². The van der Waals surface area contributed by atoms with E-state index in [9.17, 15) is 9.59 Å². The average Bonchev–Trinajstić information content (AvgIpc) is 3.51. The second-order valence-electron chi connectivity index (χ2n) is 11.1. The zero-order valence-electron chi connectivity index (χ0n) is 23.1. The third-order valence-corrected chi connectivity index (χ3v) is 7.79. The van der Waals surface area contributed by atoms with Gasteiger partial charge < -0.3 is 19.8 Å². The number of benzene rings is 2. The van der Waals surface area contributed by atoms with Crippen LogP contribution in [0.4, 0.5) is 0 Å². The van der Waals surface area contributed by atoms with Gasteiger partial charge in [-0.15, -0.1) is 0 Å². The molecule has 1 aliphatic carbocycles. The van der Waals surface area contributed by atoms with Gasteiger partial charge in [-0.05, 0) is 93.7 Å². The van der Waals surface area contributed by atoms with Crippen molar-refractivity contribution in [3.05, 3.63) is 92.5 Å². The van der Waals surface area contributed by atoms with E-state index >= 15 is 0 Å². The van der Waals surface area contributed by atoms with Crippen LogP contribution in [0.2, 0.25) is 0 Å². The van der Waals surface area contributed by atoms with E-state index in [1.165, 1.54) is 31.2 Å². The van der Waals surface area contributed by atoms with Crippen molar-refractivity contribution in [2.45, 2.75) is 65.6 Å². The van der Waals surface area contributed by atoms with E-state index in [4.69, 9.17) is 0 Å². The molecule has 5 rings (SSSR count). The third kappa shape index (κ3) is 5.18. The second kappa shape index (κ2) is 10.6. The summed E-state index contributed by atoms with van der Waals surface area (Å²) in [7, 11) is 4.14. The van der Waals surface area contributed by atoms with Crippen LogP contribution in [0.1, 0.15) is 70.0 Å². The first-order chi connectivity index (χ1) is 18.2. The van der Waals surface area contributed by atoms with Crippen LogP contribution in [0.5, 0.6) is 0 Å². The SMILES string of the molecule is Cc1cc(C)c(CNC(=O)c2cc(-c3ccc(CN(C)C)cc3)cc3c2c(C)cn3C2CCCC2)c(=O)[nH]1. The van der Waals surface area contributed by atoms with Crippen molar-refractivity contribution in [1.82, 2.24) is 19.8 Å². The Bertz CT molecular complexity index is 1540. The summed E-state index contributed by atoms with van der Waals surface area (Å²) < 4.78 is 2.40. The fourth-order valence-corrected chi connectivity index (χ4v) is 5.95. The number of hydrogen-bond donors (Lipinski definition) is 2. The highest BCUT2D eigenvalue weighted by Crippen LogP contribution is 2.37. The van der Waals surface area contributed by atoms with Crippen LogP contribution in [-0.2, 0) is 13.1 Å². The van der Waals surface area contributed by atoms with Gasteiger partial charge in [0, 0.05) is 53.1 Å². The van der Waals surface area contributed by atoms with E-state index in [1.807, 2.05) is 26.0 Å². The van der Waals surface area contributed by atoms with Crippen LogP contribution in [-0.4, -0.2) is 34.5 Å². The van der Waals surface area contributed by atoms with Gasteiger partial charge in [-0.3, -0.25) is 9.59 Å². The van der Waals surface area contributed by atoms with Gasteiger partial charge in [0.05, 0.1) is 0 Å². The van der Waals surface area contributed by atoms with Crippen LogP contribution in [0.3, 0.4) is 0 Å². The fourth-order valence-electron chi connectivity index (χ4n) is 5.95. The number of amides is 1. The lowest BCUT2D eigenvalue weighted by atomic mass is 9.97. The molecule has 1 fully saturated rings. The lowest BCUT2D eigenvalue weighted by molar-refractivity contribution is 0.0952. The highest BCUT2D eigenvalue weighted by atomic mass is 16.1. The van der Waals surface area contributed by atoms with Gasteiger partial charge in [0.25, 0.3) is 11.5 Å². The van der Waals surface area contributed by atoms with Crippen LogP contribution < -0.4 is 10.9 Å². The van der Waals surface area contributed by atoms with E-state index in [1.54, 1.807) is 0 Å². The summed E-state index contributed by atoms with van der Waals surface area (Å²) in [5.74, 6) is -0.160. The Kier molecular flexibility index (Phi) is 7.26. The van der Waals surface area contributed by atoms with E-state index in [-0.39, 0.29) is 18.0 Å². The van der Waals surface area contributed by atoms with E-state index in [2.05, 4.69) is 77.3 Å². The zero-order valence-corrected chi connectivity index (χ0v) is 23.1. The standard InChI is InChI=1S/C32H38N4O2/c1-20-14-22(3)34-32(38)28(20)17-33-31(37)27-15-25(24-12-10-23(11-13-24)19-35(4)5)16-29-30(27)21(2)18-36(29)26-8-6-7-9-26/h10-16,18,26H,6-9,17,19H2,1-5H3,(H,33,37)(H,34,38). The molecule has 0 unspecified atom stereocenters. The number of hydrogen-bond acceptors (Lipinski definition) is 3. The molecule has 0 bridgehead atoms. The molecule has 2 N–H and O–H groups in total. The molecule has 1 amide bonds. The summed E-state index contributed by atoms with van der Waals surface area (Å²) in [4.78, 5) is 31.3. The Morgan fingerprint density at radius 3 is 2.37 bits per heavy atom. The number of nitrogens with one attached hydrogen (secondary N) is 2. The maximum absolute atomic E-state index is 13.7. The van der Waals surface area contributed by atoms with Crippen molar-refractivity contribution in [3.8, 4) is 11.1 Å². The van der Waals surface area contributed by atoms with Gasteiger partial charge in [0.15, 0.2) is 0 Å². The van der Waals surface area contributed by atoms with Gasteiger partial charge in [-0.1, -0.05) is 37.1 Å². The highest BCUT2D eigenvalue weighted by Gasteiger charge is 2.23. The monoisotopic (exact) mass is 510 g/mol. The first-order valence-electron chi connectivity index (χ1n) is 13.6. The van der Waals surface area contributed by atoms with E-state index in [0.29, 0.717) is 17.2 Å². The second-order valence-corrected chi connectivity index (χ2v) is 11.1. The predicted molar refractivity (Wildman–Crippen MR) is 155 cm³/mol. The van der Waals surface area contributed by atoms with Crippen molar-refractivity contribution < 1.29 is 4.79 Å². The lowest BCUT2D eigenvalue weighted by Gasteiger charge is -2.16. The molecule has 6 heteroatoms. The van der Waals surface area contributed by atoms with Crippen LogP contribution in [0, 0.1) is 20.8 Å². The maximum Gasteiger partial charge on any atom is 0.253 e. The van der Waals surface area contributed by atoms with Crippen molar-refractivity contribution >= 4 is 16.8 Å². The molecule has 2 heterocycles. The fraction of sp³-hybridized carbons (Fsp3) is 0.375. The molecule has 2 aromatic carbocycles. The molecule has 198 valence electrons. The highest BCUT2D eigenvalue weighted by molar-refractivity contribution is 6.09. The molecule has 0 spiro atoms. The number of H-pyrrole nitrogens is 1. The van der Waals surface area contributed by atoms with Gasteiger partial charge in [-0.2, -0.15) is 0 Å². The molecule has 2 aromatic heterocycles. The van der Waals surface area contributed by atoms with Crippen LogP contribution >= 0.6 is 0 Å². The number of aryl methyl sites for hydroxylation is 3. The van der Waals surface area contributed by atoms with E-state index in [0.717, 1.165) is 45.4 Å². The quantitative estimate of drug-likeness (QED) is 0.319. The molecular weight excluding hydrogens is 472 g/mol. The number of carbonyl (C=O) groups excluding carboxylic acids is 1. The Morgan fingerprint density at radius 1 is 1.00 bits per heavy atom. The third-order valence-electron chi connectivity index (χ3n) is 7.79. The Balaban J connectivity index is 1.57. The Labute approximate surface area is 224 Å². The number of nitrogens with zero attached hydrogens (tertiary/aromatic N) is 2. The molecule has 0 radical (unpaired) electrons. The van der Waals surface area contributed by atoms with Crippen LogP contribution in [0.25, 0.3) is 22.0 Å². The van der Waals surface area contributed by atoms with Crippen molar-refractivity contribution in [2.24, 2.45) is 0 Å².